The van der Waals surface area contributed by atoms with E-state index in [1.54, 1.807) is 24.3 Å². The van der Waals surface area contributed by atoms with Gasteiger partial charge in [0.05, 0.1) is 5.75 Å². The molecule has 1 amide bonds. The van der Waals surface area contributed by atoms with Crippen molar-refractivity contribution in [2.75, 3.05) is 18.2 Å². The van der Waals surface area contributed by atoms with E-state index < -0.39 is 16.6 Å². The van der Waals surface area contributed by atoms with Crippen LogP contribution in [-0.4, -0.2) is 53.0 Å². The maximum absolute atomic E-state index is 12.2. The zero-order chi connectivity index (χ0) is 15.0. The molecular weight excluding hydrogens is 316 g/mol. The van der Waals surface area contributed by atoms with Gasteiger partial charge in [0.15, 0.2) is 5.82 Å². The number of carbonyl (C=O) groups is 1. The lowest BCUT2D eigenvalue weighted by atomic mass is 10.2. The first-order valence-electron chi connectivity index (χ1n) is 6.15. The molecule has 1 fully saturated rings. The zero-order valence-electron chi connectivity index (χ0n) is 10.9. The van der Waals surface area contributed by atoms with Gasteiger partial charge < -0.3 is 4.90 Å². The monoisotopic (exact) mass is 328 g/mol. The molecular formula is C12H13ClN4O3S. The second-order valence-electron chi connectivity index (χ2n) is 4.70. The maximum Gasteiger partial charge on any atom is 0.347 e. The Morgan fingerprint density at radius 3 is 2.62 bits per heavy atom. The molecule has 9 heteroatoms. The second-order valence-corrected chi connectivity index (χ2v) is 7.41. The molecule has 2 N–H and O–H groups in total. The number of halogens is 1. The highest BCUT2D eigenvalue weighted by Gasteiger charge is 2.30. The zero-order valence-corrected chi connectivity index (χ0v) is 12.5. The summed E-state index contributed by atoms with van der Waals surface area (Å²) in [4.78, 5) is 17.6. The van der Waals surface area contributed by atoms with Crippen LogP contribution in [0.15, 0.2) is 30.6 Å². The van der Waals surface area contributed by atoms with Crippen LogP contribution in [0, 0.1) is 0 Å². The number of benzene rings is 1. The quantitative estimate of drug-likeness (QED) is 0.839. The summed E-state index contributed by atoms with van der Waals surface area (Å²) in [5.41, 5.74) is 0.747. The molecule has 1 aliphatic rings. The van der Waals surface area contributed by atoms with Gasteiger partial charge in [-0.1, -0.05) is 11.6 Å². The van der Waals surface area contributed by atoms with E-state index in [0.717, 1.165) is 10.2 Å². The van der Waals surface area contributed by atoms with Gasteiger partial charge in [0.25, 0.3) is 0 Å². The van der Waals surface area contributed by atoms with Gasteiger partial charge in [0, 0.05) is 17.1 Å². The minimum atomic E-state index is -2.67. The van der Waals surface area contributed by atoms with E-state index in [1.165, 1.54) is 11.2 Å². The molecule has 7 nitrogen and oxygen atoms in total. The summed E-state index contributed by atoms with van der Waals surface area (Å²) < 4.78 is 20.2. The van der Waals surface area contributed by atoms with E-state index >= 15 is 0 Å². The van der Waals surface area contributed by atoms with Crippen LogP contribution in [0.1, 0.15) is 0 Å². The predicted molar refractivity (Wildman–Crippen MR) is 80.6 cm³/mol. The lowest BCUT2D eigenvalue weighted by Gasteiger charge is -2.25. The fraction of sp³-hybridized carbons (Fsp3) is 0.250. The number of carbonyl (C=O) groups excluding carboxylic acids is 1. The number of hydrogen-bond acceptors (Lipinski definition) is 5. The third-order valence-electron chi connectivity index (χ3n) is 3.11. The topological polar surface area (TPSA) is 91.5 Å². The summed E-state index contributed by atoms with van der Waals surface area (Å²) in [7, 11) is -2.67. The molecule has 0 atom stereocenters. The van der Waals surface area contributed by atoms with E-state index in [9.17, 15) is 13.9 Å². The Kier molecular flexibility index (Phi) is 3.62. The number of nitrogens with zero attached hydrogens (tertiary/aromatic N) is 4. The standard InChI is InChI=1S/C12H13ClN4O3S/c13-10-3-1-9(2-4-10)11-14-7-17(15-11)12(18)16-5-6-21(19,20)8-16/h1-4,7,19-20H,5-6,8H2. The average molecular weight is 329 g/mol. The highest BCUT2D eigenvalue weighted by molar-refractivity contribution is 8.24. The first kappa shape index (κ1) is 14.3. The van der Waals surface area contributed by atoms with Gasteiger partial charge in [-0.3, -0.25) is 9.11 Å². The van der Waals surface area contributed by atoms with Crippen molar-refractivity contribution in [2.24, 2.45) is 0 Å². The smallest absolute Gasteiger partial charge is 0.304 e. The highest BCUT2D eigenvalue weighted by Crippen LogP contribution is 2.43. The number of hydrogen-bond donors (Lipinski definition) is 2. The molecule has 0 spiro atoms. The molecule has 3 rings (SSSR count). The van der Waals surface area contributed by atoms with Gasteiger partial charge in [-0.15, -0.1) is 5.10 Å². The van der Waals surface area contributed by atoms with Crippen molar-refractivity contribution in [3.63, 3.8) is 0 Å². The van der Waals surface area contributed by atoms with Crippen molar-refractivity contribution >= 4 is 28.2 Å². The first-order chi connectivity index (χ1) is 9.94. The van der Waals surface area contributed by atoms with Crippen molar-refractivity contribution in [3.05, 3.63) is 35.6 Å². The summed E-state index contributed by atoms with van der Waals surface area (Å²) in [5.74, 6) is 0.560. The van der Waals surface area contributed by atoms with Crippen LogP contribution >= 0.6 is 22.2 Å². The summed E-state index contributed by atoms with van der Waals surface area (Å²) in [6, 6.07) is 6.54. The SMILES string of the molecule is O=C(N1CCS(O)(O)C1)n1cnc(-c2ccc(Cl)cc2)n1. The first-order valence-corrected chi connectivity index (χ1v) is 8.41. The van der Waals surface area contributed by atoms with E-state index in [2.05, 4.69) is 10.1 Å². The molecule has 1 aromatic heterocycles. The number of amides is 1. The van der Waals surface area contributed by atoms with Crippen LogP contribution in [0.4, 0.5) is 4.79 Å². The lowest BCUT2D eigenvalue weighted by molar-refractivity contribution is 0.209. The van der Waals surface area contributed by atoms with Gasteiger partial charge >= 0.3 is 6.03 Å². The van der Waals surface area contributed by atoms with Gasteiger partial charge in [0.2, 0.25) is 0 Å². The van der Waals surface area contributed by atoms with Crippen molar-refractivity contribution in [1.82, 2.24) is 19.7 Å². The minimum absolute atomic E-state index is 0.0536. The van der Waals surface area contributed by atoms with Crippen LogP contribution < -0.4 is 0 Å². The molecule has 0 bridgehead atoms. The lowest BCUT2D eigenvalue weighted by Crippen LogP contribution is -2.33. The molecule has 1 saturated heterocycles. The molecule has 0 saturated carbocycles. The van der Waals surface area contributed by atoms with E-state index in [1.807, 2.05) is 0 Å². The Balaban J connectivity index is 1.79. The maximum atomic E-state index is 12.2. The third kappa shape index (κ3) is 3.03. The largest absolute Gasteiger partial charge is 0.347 e. The van der Waals surface area contributed by atoms with Crippen LogP contribution in [0.2, 0.25) is 5.02 Å². The molecule has 1 aromatic carbocycles. The van der Waals surface area contributed by atoms with Crippen molar-refractivity contribution in [3.8, 4) is 11.4 Å². The minimum Gasteiger partial charge on any atom is -0.304 e. The van der Waals surface area contributed by atoms with Crippen molar-refractivity contribution < 1.29 is 13.9 Å². The van der Waals surface area contributed by atoms with Gasteiger partial charge in [-0.25, -0.2) is 9.78 Å². The highest BCUT2D eigenvalue weighted by atomic mass is 35.5. The Bertz CT molecular complexity index is 673. The van der Waals surface area contributed by atoms with E-state index in [0.29, 0.717) is 17.4 Å². The predicted octanol–water partition coefficient (Wildman–Crippen LogP) is 2.59. The molecule has 112 valence electrons. The number of aromatic nitrogens is 3. The Morgan fingerprint density at radius 2 is 2.00 bits per heavy atom. The molecule has 21 heavy (non-hydrogen) atoms. The van der Waals surface area contributed by atoms with Crippen molar-refractivity contribution in [1.29, 1.82) is 0 Å². The third-order valence-corrected chi connectivity index (χ3v) is 4.93. The number of rotatable bonds is 1. The summed E-state index contributed by atoms with van der Waals surface area (Å²) in [6.07, 6.45) is 1.32. The van der Waals surface area contributed by atoms with Crippen molar-refractivity contribution in [2.45, 2.75) is 0 Å². The second kappa shape index (κ2) is 5.30. The molecule has 2 aromatic rings. The van der Waals surface area contributed by atoms with Gasteiger partial charge in [-0.2, -0.15) is 15.3 Å². The Labute approximate surface area is 127 Å². The fourth-order valence-corrected chi connectivity index (χ4v) is 3.52. The molecule has 1 aliphatic heterocycles. The summed E-state index contributed by atoms with van der Waals surface area (Å²) in [5, 5.41) is 4.73. The summed E-state index contributed by atoms with van der Waals surface area (Å²) >= 11 is 5.82. The van der Waals surface area contributed by atoms with Crippen LogP contribution in [0.5, 0.6) is 0 Å². The van der Waals surface area contributed by atoms with Crippen LogP contribution in [0.3, 0.4) is 0 Å². The fourth-order valence-electron chi connectivity index (χ4n) is 2.02. The van der Waals surface area contributed by atoms with Crippen LogP contribution in [-0.2, 0) is 0 Å². The van der Waals surface area contributed by atoms with Crippen LogP contribution in [0.25, 0.3) is 11.4 Å². The van der Waals surface area contributed by atoms with E-state index in [-0.39, 0.29) is 11.6 Å². The Hall–Kier alpha value is -1.61. The van der Waals surface area contributed by atoms with Gasteiger partial charge in [0.1, 0.15) is 12.2 Å². The van der Waals surface area contributed by atoms with E-state index in [4.69, 9.17) is 11.6 Å². The Morgan fingerprint density at radius 1 is 1.29 bits per heavy atom. The normalized spacial score (nSPS) is 18.7. The average Bonchev–Trinajstić information content (AvgIpc) is 3.05. The molecule has 0 unspecified atom stereocenters. The molecule has 2 heterocycles. The molecule has 0 aliphatic carbocycles. The summed E-state index contributed by atoms with van der Waals surface area (Å²) in [6.45, 7) is 0.303. The molecule has 0 radical (unpaired) electrons. The van der Waals surface area contributed by atoms with Gasteiger partial charge in [-0.05, 0) is 24.3 Å².